The molecule has 0 N–H and O–H groups in total. The van der Waals surface area contributed by atoms with Crippen molar-refractivity contribution in [2.24, 2.45) is 0 Å². The van der Waals surface area contributed by atoms with Crippen LogP contribution in [0.15, 0.2) is 24.3 Å². The number of anilines is 1. The number of hydrogen-bond donors (Lipinski definition) is 0. The zero-order chi connectivity index (χ0) is 18.1. The maximum atomic E-state index is 12.7. The number of ether oxygens (including phenoxy) is 1. The summed E-state index contributed by atoms with van der Waals surface area (Å²) >= 11 is 0. The highest BCUT2D eigenvalue weighted by atomic mass is 16.7. The molecule has 2 fully saturated rings. The highest BCUT2D eigenvalue weighted by Gasteiger charge is 2.44. The van der Waals surface area contributed by atoms with Crippen molar-refractivity contribution in [1.29, 1.82) is 0 Å². The molecule has 2 heterocycles. The van der Waals surface area contributed by atoms with E-state index in [9.17, 15) is 4.79 Å². The third-order valence-corrected chi connectivity index (χ3v) is 5.33. The van der Waals surface area contributed by atoms with Crippen molar-refractivity contribution in [3.05, 3.63) is 29.8 Å². The van der Waals surface area contributed by atoms with Gasteiger partial charge in [0.2, 0.25) is 0 Å². The van der Waals surface area contributed by atoms with Gasteiger partial charge in [-0.1, -0.05) is 0 Å². The second-order valence-corrected chi connectivity index (χ2v) is 8.30. The van der Waals surface area contributed by atoms with Crippen molar-refractivity contribution in [1.82, 2.24) is 5.06 Å². The molecule has 0 atom stereocenters. The number of hydroxylamine groups is 2. The third-order valence-electron chi connectivity index (χ3n) is 5.33. The Morgan fingerprint density at radius 1 is 1.00 bits per heavy atom. The van der Waals surface area contributed by atoms with E-state index in [0.717, 1.165) is 51.3 Å². The van der Waals surface area contributed by atoms with Gasteiger partial charge in [-0.25, -0.2) is 4.79 Å². The van der Waals surface area contributed by atoms with E-state index in [1.54, 1.807) is 0 Å². The summed E-state index contributed by atoms with van der Waals surface area (Å²) in [5.41, 5.74) is 1.42. The molecule has 25 heavy (non-hydrogen) atoms. The van der Waals surface area contributed by atoms with E-state index in [2.05, 4.69) is 32.6 Å². The van der Waals surface area contributed by atoms with Crippen LogP contribution in [-0.2, 0) is 9.57 Å². The number of carbonyl (C=O) groups is 1. The smallest absolute Gasteiger partial charge is 0.357 e. The van der Waals surface area contributed by atoms with Crippen molar-refractivity contribution in [3.8, 4) is 0 Å². The summed E-state index contributed by atoms with van der Waals surface area (Å²) < 4.78 is 5.39. The van der Waals surface area contributed by atoms with Gasteiger partial charge in [0.15, 0.2) is 0 Å². The Kier molecular flexibility index (Phi) is 5.07. The summed E-state index contributed by atoms with van der Waals surface area (Å²) in [5.74, 6) is -0.281. The number of rotatable bonds is 3. The first kappa shape index (κ1) is 18.2. The number of carbonyl (C=O) groups excluding carboxylic acids is 1. The molecule has 0 aliphatic carbocycles. The molecule has 2 aliphatic rings. The molecule has 0 bridgehead atoms. The van der Waals surface area contributed by atoms with Crippen LogP contribution in [0.25, 0.3) is 0 Å². The number of morpholine rings is 1. The van der Waals surface area contributed by atoms with Crippen molar-refractivity contribution in [2.75, 3.05) is 31.2 Å². The Morgan fingerprint density at radius 2 is 1.56 bits per heavy atom. The fourth-order valence-corrected chi connectivity index (χ4v) is 3.99. The van der Waals surface area contributed by atoms with Crippen LogP contribution in [0.2, 0.25) is 0 Å². The minimum absolute atomic E-state index is 0.148. The second-order valence-electron chi connectivity index (χ2n) is 8.30. The van der Waals surface area contributed by atoms with Gasteiger partial charge < -0.3 is 14.5 Å². The van der Waals surface area contributed by atoms with Gasteiger partial charge in [-0.05, 0) is 71.2 Å². The van der Waals surface area contributed by atoms with Gasteiger partial charge in [0.05, 0.1) is 29.9 Å². The predicted octanol–water partition coefficient (Wildman–Crippen LogP) is 3.64. The maximum absolute atomic E-state index is 12.7. The van der Waals surface area contributed by atoms with Crippen LogP contribution in [0, 0.1) is 0 Å². The fourth-order valence-electron chi connectivity index (χ4n) is 3.99. The first-order valence-electron chi connectivity index (χ1n) is 9.25. The highest BCUT2D eigenvalue weighted by molar-refractivity contribution is 5.89. The number of piperidine rings is 1. The molecule has 0 aromatic heterocycles. The molecule has 5 nitrogen and oxygen atoms in total. The molecule has 0 radical (unpaired) electrons. The van der Waals surface area contributed by atoms with Crippen LogP contribution in [0.1, 0.15) is 57.3 Å². The summed E-state index contributed by atoms with van der Waals surface area (Å²) in [4.78, 5) is 20.8. The summed E-state index contributed by atoms with van der Waals surface area (Å²) in [6.07, 6.45) is 3.21. The largest absolute Gasteiger partial charge is 0.378 e. The molecule has 2 saturated heterocycles. The van der Waals surface area contributed by atoms with E-state index >= 15 is 0 Å². The topological polar surface area (TPSA) is 42.0 Å². The summed E-state index contributed by atoms with van der Waals surface area (Å²) in [7, 11) is 0. The van der Waals surface area contributed by atoms with E-state index in [-0.39, 0.29) is 17.0 Å². The molecular weight excluding hydrogens is 316 g/mol. The SMILES string of the molecule is CC1(C)CCCC(C)(C)N1OC(=O)c1ccc(N2CCOCC2)cc1. The van der Waals surface area contributed by atoms with Gasteiger partial charge >= 0.3 is 5.97 Å². The minimum Gasteiger partial charge on any atom is -0.378 e. The van der Waals surface area contributed by atoms with E-state index in [4.69, 9.17) is 9.57 Å². The van der Waals surface area contributed by atoms with E-state index in [1.165, 1.54) is 0 Å². The number of benzene rings is 1. The van der Waals surface area contributed by atoms with Crippen LogP contribution < -0.4 is 4.90 Å². The Hall–Kier alpha value is -1.59. The molecule has 0 unspecified atom stereocenters. The van der Waals surface area contributed by atoms with Gasteiger partial charge in [-0.2, -0.15) is 0 Å². The zero-order valence-electron chi connectivity index (χ0n) is 15.9. The third kappa shape index (κ3) is 3.98. The van der Waals surface area contributed by atoms with Crippen molar-refractivity contribution < 1.29 is 14.4 Å². The van der Waals surface area contributed by atoms with Gasteiger partial charge in [-0.15, -0.1) is 5.06 Å². The van der Waals surface area contributed by atoms with Crippen molar-refractivity contribution in [2.45, 2.75) is 58.0 Å². The van der Waals surface area contributed by atoms with Crippen LogP contribution in [0.4, 0.5) is 5.69 Å². The average molecular weight is 346 g/mol. The summed E-state index contributed by atoms with van der Waals surface area (Å²) in [6.45, 7) is 11.8. The second kappa shape index (κ2) is 6.96. The van der Waals surface area contributed by atoms with Gasteiger partial charge in [0.1, 0.15) is 0 Å². The number of hydrogen-bond acceptors (Lipinski definition) is 5. The van der Waals surface area contributed by atoms with E-state index in [0.29, 0.717) is 5.56 Å². The lowest BCUT2D eigenvalue weighted by Gasteiger charge is -2.50. The zero-order valence-corrected chi connectivity index (χ0v) is 15.9. The van der Waals surface area contributed by atoms with Crippen LogP contribution >= 0.6 is 0 Å². The molecule has 0 saturated carbocycles. The maximum Gasteiger partial charge on any atom is 0.357 e. The predicted molar refractivity (Wildman–Crippen MR) is 98.7 cm³/mol. The summed E-state index contributed by atoms with van der Waals surface area (Å²) in [6, 6.07) is 7.71. The summed E-state index contributed by atoms with van der Waals surface area (Å²) in [5, 5.41) is 1.90. The first-order valence-corrected chi connectivity index (χ1v) is 9.25. The molecule has 0 spiro atoms. The Morgan fingerprint density at radius 3 is 2.12 bits per heavy atom. The van der Waals surface area contributed by atoms with Crippen LogP contribution in [-0.4, -0.2) is 48.4 Å². The molecule has 138 valence electrons. The Balaban J connectivity index is 1.70. The van der Waals surface area contributed by atoms with Crippen LogP contribution in [0.5, 0.6) is 0 Å². The van der Waals surface area contributed by atoms with E-state index in [1.807, 2.05) is 29.3 Å². The molecule has 3 rings (SSSR count). The monoisotopic (exact) mass is 346 g/mol. The lowest BCUT2D eigenvalue weighted by atomic mass is 9.82. The average Bonchev–Trinajstić information content (AvgIpc) is 2.58. The molecule has 1 aromatic rings. The first-order chi connectivity index (χ1) is 11.8. The highest BCUT2D eigenvalue weighted by Crippen LogP contribution is 2.38. The van der Waals surface area contributed by atoms with Gasteiger partial charge in [-0.3, -0.25) is 0 Å². The molecule has 2 aliphatic heterocycles. The fraction of sp³-hybridized carbons (Fsp3) is 0.650. The molecule has 0 amide bonds. The lowest BCUT2D eigenvalue weighted by Crippen LogP contribution is -2.58. The molecular formula is C20H30N2O3. The van der Waals surface area contributed by atoms with Crippen molar-refractivity contribution in [3.63, 3.8) is 0 Å². The van der Waals surface area contributed by atoms with E-state index < -0.39 is 0 Å². The molecule has 5 heteroatoms. The van der Waals surface area contributed by atoms with Gasteiger partial charge in [0, 0.05) is 18.8 Å². The normalized spacial score (nSPS) is 23.3. The van der Waals surface area contributed by atoms with Crippen LogP contribution in [0.3, 0.4) is 0 Å². The minimum atomic E-state index is -0.281. The quantitative estimate of drug-likeness (QED) is 0.836. The number of nitrogens with zero attached hydrogens (tertiary/aromatic N) is 2. The lowest BCUT2D eigenvalue weighted by molar-refractivity contribution is -0.240. The Labute approximate surface area is 150 Å². The molecule has 1 aromatic carbocycles. The standard InChI is InChI=1S/C20H30N2O3/c1-19(2)10-5-11-20(3,4)22(19)25-18(23)16-6-8-17(9-7-16)21-12-14-24-15-13-21/h6-9H,5,10-15H2,1-4H3. The van der Waals surface area contributed by atoms with Gasteiger partial charge in [0.25, 0.3) is 0 Å². The van der Waals surface area contributed by atoms with Crippen molar-refractivity contribution >= 4 is 11.7 Å². The Bertz CT molecular complexity index is 588.